The molecule has 1 unspecified atom stereocenters. The van der Waals surface area contributed by atoms with Gasteiger partial charge in [0.05, 0.1) is 0 Å². The Hall–Kier alpha value is -1.19. The Kier molecular flexibility index (Phi) is 4.50. The Morgan fingerprint density at radius 3 is 2.78 bits per heavy atom. The highest BCUT2D eigenvalue weighted by atomic mass is 32.2. The monoisotopic (exact) mass is 261 g/mol. The lowest BCUT2D eigenvalue weighted by Crippen LogP contribution is -2.21. The molecular formula is C15H19NOS. The van der Waals surface area contributed by atoms with Crippen molar-refractivity contribution in [1.82, 2.24) is 5.32 Å². The molecule has 96 valence electrons. The molecule has 2 N–H and O–H groups in total. The van der Waals surface area contributed by atoms with Gasteiger partial charge in [0, 0.05) is 29.3 Å². The fraction of sp³-hybridized carbons (Fsp3) is 0.333. The molecule has 2 nitrogen and oxygen atoms in total. The van der Waals surface area contributed by atoms with Crippen molar-refractivity contribution in [3.8, 4) is 5.75 Å². The molecule has 2 aromatic rings. The van der Waals surface area contributed by atoms with Gasteiger partial charge >= 0.3 is 0 Å². The third-order valence-corrected chi connectivity index (χ3v) is 3.77. The molecule has 18 heavy (non-hydrogen) atoms. The predicted molar refractivity (Wildman–Crippen MR) is 80.4 cm³/mol. The van der Waals surface area contributed by atoms with Gasteiger partial charge in [-0.2, -0.15) is 11.8 Å². The second-order valence-electron chi connectivity index (χ2n) is 4.39. The van der Waals surface area contributed by atoms with E-state index in [1.165, 1.54) is 0 Å². The van der Waals surface area contributed by atoms with Crippen LogP contribution in [0.3, 0.4) is 0 Å². The summed E-state index contributed by atoms with van der Waals surface area (Å²) in [7, 11) is 0. The van der Waals surface area contributed by atoms with Crippen molar-refractivity contribution < 1.29 is 5.11 Å². The molecule has 0 aliphatic rings. The van der Waals surface area contributed by atoms with E-state index in [4.69, 9.17) is 0 Å². The molecular weight excluding hydrogens is 242 g/mol. The summed E-state index contributed by atoms with van der Waals surface area (Å²) in [5.41, 5.74) is 0.967. The quantitative estimate of drug-likeness (QED) is 0.807. The van der Waals surface area contributed by atoms with Crippen LogP contribution < -0.4 is 5.32 Å². The fourth-order valence-corrected chi connectivity index (χ4v) is 2.43. The molecule has 0 aromatic heterocycles. The molecule has 0 aliphatic heterocycles. The van der Waals surface area contributed by atoms with E-state index in [0.29, 0.717) is 5.75 Å². The Labute approximate surface area is 112 Å². The number of phenolic OH excluding ortho intramolecular Hbond substituents is 1. The minimum Gasteiger partial charge on any atom is -0.507 e. The molecule has 0 saturated heterocycles. The van der Waals surface area contributed by atoms with Gasteiger partial charge in [0.1, 0.15) is 5.75 Å². The summed E-state index contributed by atoms with van der Waals surface area (Å²) in [5.74, 6) is 1.48. The molecule has 2 rings (SSSR count). The highest BCUT2D eigenvalue weighted by Gasteiger charge is 2.11. The van der Waals surface area contributed by atoms with E-state index in [-0.39, 0.29) is 6.04 Å². The number of hydrogen-bond donors (Lipinski definition) is 2. The van der Waals surface area contributed by atoms with Crippen LogP contribution in [0.1, 0.15) is 18.5 Å². The van der Waals surface area contributed by atoms with Crippen LogP contribution in [0, 0.1) is 0 Å². The van der Waals surface area contributed by atoms with E-state index in [1.807, 2.05) is 42.1 Å². The van der Waals surface area contributed by atoms with Crippen LogP contribution in [0.2, 0.25) is 0 Å². The van der Waals surface area contributed by atoms with E-state index >= 15 is 0 Å². The van der Waals surface area contributed by atoms with E-state index in [0.717, 1.165) is 28.6 Å². The molecule has 3 heteroatoms. The van der Waals surface area contributed by atoms with Crippen LogP contribution in [0.4, 0.5) is 0 Å². The Balaban J connectivity index is 2.25. The van der Waals surface area contributed by atoms with E-state index in [9.17, 15) is 5.11 Å². The first kappa shape index (κ1) is 13.2. The fourth-order valence-electron chi connectivity index (χ4n) is 2.11. The number of fused-ring (bicyclic) bond motifs is 1. The number of nitrogens with one attached hydrogen (secondary N) is 1. The Bertz CT molecular complexity index is 527. The van der Waals surface area contributed by atoms with Crippen LogP contribution in [0.25, 0.3) is 10.8 Å². The number of hydrogen-bond acceptors (Lipinski definition) is 3. The predicted octanol–water partition coefficient (Wildman–Crippen LogP) is 3.56. The van der Waals surface area contributed by atoms with Gasteiger partial charge in [0.25, 0.3) is 0 Å². The smallest absolute Gasteiger partial charge is 0.128 e. The van der Waals surface area contributed by atoms with Crippen LogP contribution in [0.5, 0.6) is 5.75 Å². The van der Waals surface area contributed by atoms with Gasteiger partial charge in [-0.3, -0.25) is 0 Å². The van der Waals surface area contributed by atoms with Crippen LogP contribution >= 0.6 is 11.8 Å². The van der Waals surface area contributed by atoms with Crippen molar-refractivity contribution in [3.63, 3.8) is 0 Å². The van der Waals surface area contributed by atoms with Crippen LogP contribution in [-0.4, -0.2) is 23.7 Å². The minimum atomic E-state index is 0.168. The third-order valence-electron chi connectivity index (χ3n) is 3.16. The lowest BCUT2D eigenvalue weighted by Gasteiger charge is -2.16. The standard InChI is InChI=1S/C15H19NOS/c1-11(16-9-10-18-2)13-8-7-12-5-3-4-6-14(12)15(13)17/h3-8,11,16-17H,9-10H2,1-2H3. The minimum absolute atomic E-state index is 0.168. The molecule has 0 saturated carbocycles. The van der Waals surface area contributed by atoms with Crippen molar-refractivity contribution in [2.24, 2.45) is 0 Å². The Morgan fingerprint density at radius 1 is 1.22 bits per heavy atom. The summed E-state index contributed by atoms with van der Waals surface area (Å²) in [4.78, 5) is 0. The van der Waals surface area contributed by atoms with Crippen molar-refractivity contribution in [2.75, 3.05) is 18.6 Å². The molecule has 0 aliphatic carbocycles. The molecule has 0 spiro atoms. The SMILES string of the molecule is CSCCNC(C)c1ccc2ccccc2c1O. The molecule has 2 aromatic carbocycles. The Morgan fingerprint density at radius 2 is 2.00 bits per heavy atom. The molecule has 0 radical (unpaired) electrons. The second-order valence-corrected chi connectivity index (χ2v) is 5.38. The van der Waals surface area contributed by atoms with Crippen LogP contribution in [0.15, 0.2) is 36.4 Å². The van der Waals surface area contributed by atoms with Crippen molar-refractivity contribution in [2.45, 2.75) is 13.0 Å². The number of benzene rings is 2. The first-order valence-corrected chi connectivity index (χ1v) is 7.56. The maximum Gasteiger partial charge on any atom is 0.128 e. The summed E-state index contributed by atoms with van der Waals surface area (Å²) in [6.07, 6.45) is 2.10. The first-order valence-electron chi connectivity index (χ1n) is 6.17. The topological polar surface area (TPSA) is 32.3 Å². The maximum atomic E-state index is 10.3. The number of phenols is 1. The van der Waals surface area contributed by atoms with Crippen molar-refractivity contribution in [1.29, 1.82) is 0 Å². The van der Waals surface area contributed by atoms with Gasteiger partial charge in [-0.25, -0.2) is 0 Å². The van der Waals surface area contributed by atoms with Gasteiger partial charge in [-0.15, -0.1) is 0 Å². The molecule has 0 fully saturated rings. The average Bonchev–Trinajstić information content (AvgIpc) is 2.39. The summed E-state index contributed by atoms with van der Waals surface area (Å²) in [5, 5.41) is 15.8. The zero-order valence-corrected chi connectivity index (χ0v) is 11.6. The zero-order valence-electron chi connectivity index (χ0n) is 10.8. The lowest BCUT2D eigenvalue weighted by molar-refractivity contribution is 0.461. The number of aromatic hydroxyl groups is 1. The summed E-state index contributed by atoms with van der Waals surface area (Å²) >= 11 is 1.82. The lowest BCUT2D eigenvalue weighted by atomic mass is 10.0. The first-order chi connectivity index (χ1) is 8.74. The summed E-state index contributed by atoms with van der Waals surface area (Å²) in [6, 6.07) is 12.2. The normalized spacial score (nSPS) is 12.8. The van der Waals surface area contributed by atoms with Gasteiger partial charge in [0.2, 0.25) is 0 Å². The molecule has 0 amide bonds. The van der Waals surface area contributed by atoms with E-state index in [2.05, 4.69) is 24.6 Å². The zero-order chi connectivity index (χ0) is 13.0. The highest BCUT2D eigenvalue weighted by molar-refractivity contribution is 7.98. The average molecular weight is 261 g/mol. The van der Waals surface area contributed by atoms with Gasteiger partial charge in [-0.05, 0) is 18.6 Å². The number of thioether (sulfide) groups is 1. The van der Waals surface area contributed by atoms with Crippen LogP contribution in [-0.2, 0) is 0 Å². The molecule has 1 atom stereocenters. The maximum absolute atomic E-state index is 10.3. The number of rotatable bonds is 5. The van der Waals surface area contributed by atoms with E-state index < -0.39 is 0 Å². The third kappa shape index (κ3) is 2.79. The van der Waals surface area contributed by atoms with Gasteiger partial charge in [0.15, 0.2) is 0 Å². The molecule has 0 bridgehead atoms. The summed E-state index contributed by atoms with van der Waals surface area (Å²) < 4.78 is 0. The van der Waals surface area contributed by atoms with E-state index in [1.54, 1.807) is 0 Å². The largest absolute Gasteiger partial charge is 0.507 e. The van der Waals surface area contributed by atoms with Gasteiger partial charge < -0.3 is 10.4 Å². The highest BCUT2D eigenvalue weighted by Crippen LogP contribution is 2.32. The van der Waals surface area contributed by atoms with Gasteiger partial charge in [-0.1, -0.05) is 36.4 Å². The van der Waals surface area contributed by atoms with Crippen molar-refractivity contribution in [3.05, 3.63) is 42.0 Å². The summed E-state index contributed by atoms with van der Waals surface area (Å²) in [6.45, 7) is 3.04. The van der Waals surface area contributed by atoms with Crippen molar-refractivity contribution >= 4 is 22.5 Å². The molecule has 0 heterocycles. The second kappa shape index (κ2) is 6.12.